The molecule has 1 fully saturated rings. The molecule has 0 saturated carbocycles. The van der Waals surface area contributed by atoms with E-state index in [4.69, 9.17) is 9.47 Å². The predicted molar refractivity (Wildman–Crippen MR) is 128 cm³/mol. The van der Waals surface area contributed by atoms with Crippen molar-refractivity contribution in [3.8, 4) is 5.75 Å². The molecule has 6 heteroatoms. The lowest BCUT2D eigenvalue weighted by Gasteiger charge is -2.20. The van der Waals surface area contributed by atoms with Crippen molar-refractivity contribution in [1.82, 2.24) is 9.88 Å². The maximum Gasteiger partial charge on any atom is 0.414 e. The van der Waals surface area contributed by atoms with E-state index in [-0.39, 0.29) is 12.2 Å². The number of aryl methyl sites for hydroxylation is 2. The summed E-state index contributed by atoms with van der Waals surface area (Å²) in [6.07, 6.45) is 4.33. The molecule has 4 rings (SSSR count). The van der Waals surface area contributed by atoms with Crippen LogP contribution in [0.15, 0.2) is 54.7 Å². The van der Waals surface area contributed by atoms with Crippen molar-refractivity contribution in [3.05, 3.63) is 65.9 Å². The first-order valence-electron chi connectivity index (χ1n) is 11.2. The Hall–Kier alpha value is -3.12. The normalized spacial score (nSPS) is 16.1. The number of carbonyl (C=O) groups is 1. The number of benzene rings is 2. The number of ether oxygens (including phenoxy) is 2. The molecule has 2 heterocycles. The highest BCUT2D eigenvalue weighted by Crippen LogP contribution is 2.24. The van der Waals surface area contributed by atoms with Gasteiger partial charge in [0.2, 0.25) is 0 Å². The molecule has 1 aromatic heterocycles. The van der Waals surface area contributed by atoms with Gasteiger partial charge < -0.3 is 14.4 Å². The Morgan fingerprint density at radius 2 is 2.03 bits per heavy atom. The summed E-state index contributed by atoms with van der Waals surface area (Å²) in [4.78, 5) is 20.8. The summed E-state index contributed by atoms with van der Waals surface area (Å²) in [5, 5.41) is 1.14. The molecule has 0 bridgehead atoms. The smallest absolute Gasteiger partial charge is 0.414 e. The minimum absolute atomic E-state index is 0.121. The molecular formula is C26H31N3O3. The van der Waals surface area contributed by atoms with Gasteiger partial charge in [-0.2, -0.15) is 0 Å². The quantitative estimate of drug-likeness (QED) is 0.490. The Kier molecular flexibility index (Phi) is 6.90. The Morgan fingerprint density at radius 3 is 2.78 bits per heavy atom. The summed E-state index contributed by atoms with van der Waals surface area (Å²) < 4.78 is 11.0. The number of hydrogen-bond donors (Lipinski definition) is 0. The number of carbonyl (C=O) groups excluding carboxylic acids is 1. The van der Waals surface area contributed by atoms with Gasteiger partial charge in [0.25, 0.3) is 0 Å². The van der Waals surface area contributed by atoms with Gasteiger partial charge in [-0.1, -0.05) is 31.2 Å². The number of aromatic nitrogens is 1. The van der Waals surface area contributed by atoms with E-state index in [1.807, 2.05) is 18.2 Å². The van der Waals surface area contributed by atoms with Gasteiger partial charge in [0.1, 0.15) is 11.9 Å². The largest absolute Gasteiger partial charge is 0.495 e. The van der Waals surface area contributed by atoms with Crippen molar-refractivity contribution < 1.29 is 14.3 Å². The van der Waals surface area contributed by atoms with E-state index < -0.39 is 0 Å². The minimum atomic E-state index is -0.259. The molecule has 0 aliphatic carbocycles. The van der Waals surface area contributed by atoms with Crippen molar-refractivity contribution >= 4 is 22.7 Å². The molecule has 0 N–H and O–H groups in total. The topological polar surface area (TPSA) is 54.9 Å². The number of nitrogens with zero attached hydrogens (tertiary/aromatic N) is 3. The number of methoxy groups -OCH3 is 1. The van der Waals surface area contributed by atoms with Gasteiger partial charge in [-0.25, -0.2) is 4.79 Å². The number of amides is 1. The van der Waals surface area contributed by atoms with Gasteiger partial charge >= 0.3 is 6.09 Å². The Morgan fingerprint density at radius 1 is 1.22 bits per heavy atom. The molecule has 6 nitrogen and oxygen atoms in total. The number of fused-ring (bicyclic) bond motifs is 1. The molecule has 0 radical (unpaired) electrons. The van der Waals surface area contributed by atoms with E-state index in [0.29, 0.717) is 6.54 Å². The van der Waals surface area contributed by atoms with Crippen LogP contribution >= 0.6 is 0 Å². The van der Waals surface area contributed by atoms with Gasteiger partial charge in [-0.15, -0.1) is 0 Å². The molecule has 3 aromatic rings. The third-order valence-corrected chi connectivity index (χ3v) is 6.06. The summed E-state index contributed by atoms with van der Waals surface area (Å²) in [6.45, 7) is 4.36. The molecule has 0 spiro atoms. The first-order valence-corrected chi connectivity index (χ1v) is 11.2. The lowest BCUT2D eigenvalue weighted by molar-refractivity contribution is 0.117. The SMILES string of the molecule is CCc1ccc(N2C[C@@H](CN(C)CCCc3cccc4ncc(OC)cc34)OC2=O)cc1. The van der Waals surface area contributed by atoms with Gasteiger partial charge in [0.15, 0.2) is 0 Å². The second-order valence-corrected chi connectivity index (χ2v) is 8.36. The fourth-order valence-corrected chi connectivity index (χ4v) is 4.24. The van der Waals surface area contributed by atoms with Crippen LogP contribution in [0.1, 0.15) is 24.5 Å². The van der Waals surface area contributed by atoms with Crippen LogP contribution in [-0.4, -0.2) is 55.9 Å². The molecule has 168 valence electrons. The third-order valence-electron chi connectivity index (χ3n) is 6.06. The van der Waals surface area contributed by atoms with Gasteiger partial charge in [0, 0.05) is 17.6 Å². The maximum atomic E-state index is 12.4. The Labute approximate surface area is 189 Å². The average Bonchev–Trinajstić information content (AvgIpc) is 3.18. The molecule has 1 aliphatic heterocycles. The summed E-state index contributed by atoms with van der Waals surface area (Å²) in [5.74, 6) is 0.777. The first-order chi connectivity index (χ1) is 15.6. The number of rotatable bonds is 9. The van der Waals surface area contributed by atoms with Crippen LogP contribution in [0, 0.1) is 0 Å². The van der Waals surface area contributed by atoms with Crippen LogP contribution in [0.4, 0.5) is 10.5 Å². The minimum Gasteiger partial charge on any atom is -0.495 e. The molecule has 1 atom stereocenters. The first kappa shape index (κ1) is 22.1. The zero-order valence-corrected chi connectivity index (χ0v) is 19.1. The standard InChI is InChI=1S/C26H31N3O3/c1-4-19-10-12-21(13-11-19)29-18-23(32-26(29)30)17-28(2)14-6-8-20-7-5-9-25-24(20)15-22(31-3)16-27-25/h5,7,9-13,15-16,23H,4,6,8,14,17-18H2,1-3H3/t23-/m1/s1. The predicted octanol–water partition coefficient (Wildman–Crippen LogP) is 4.70. The number of pyridine rings is 1. The summed E-state index contributed by atoms with van der Waals surface area (Å²) >= 11 is 0. The summed E-state index contributed by atoms with van der Waals surface area (Å²) in [7, 11) is 3.75. The number of anilines is 1. The molecule has 32 heavy (non-hydrogen) atoms. The van der Waals surface area contributed by atoms with Crippen LogP contribution in [0.25, 0.3) is 10.9 Å². The number of likely N-dealkylation sites (N-methyl/N-ethyl adjacent to an activating group) is 1. The third kappa shape index (κ3) is 5.02. The second kappa shape index (κ2) is 10.0. The van der Waals surface area contributed by atoms with Crippen molar-refractivity contribution in [1.29, 1.82) is 0 Å². The van der Waals surface area contributed by atoms with E-state index in [1.54, 1.807) is 18.2 Å². The van der Waals surface area contributed by atoms with Crippen molar-refractivity contribution in [2.24, 2.45) is 0 Å². The van der Waals surface area contributed by atoms with Crippen LogP contribution in [0.3, 0.4) is 0 Å². The van der Waals surface area contributed by atoms with Crippen LogP contribution in [0.2, 0.25) is 0 Å². The van der Waals surface area contributed by atoms with E-state index in [1.165, 1.54) is 11.1 Å². The Bertz CT molecular complexity index is 1070. The number of hydrogen-bond acceptors (Lipinski definition) is 5. The van der Waals surface area contributed by atoms with Crippen molar-refractivity contribution in [2.75, 3.05) is 38.7 Å². The lowest BCUT2D eigenvalue weighted by atomic mass is 10.0. The van der Waals surface area contributed by atoms with Gasteiger partial charge in [0.05, 0.1) is 25.4 Å². The zero-order chi connectivity index (χ0) is 22.5. The second-order valence-electron chi connectivity index (χ2n) is 8.36. The summed E-state index contributed by atoms with van der Waals surface area (Å²) in [5.41, 5.74) is 4.42. The molecule has 2 aromatic carbocycles. The molecule has 1 amide bonds. The fraction of sp³-hybridized carbons (Fsp3) is 0.385. The highest BCUT2D eigenvalue weighted by molar-refractivity contribution is 5.89. The van der Waals surface area contributed by atoms with Gasteiger partial charge in [-0.05, 0) is 68.2 Å². The lowest BCUT2D eigenvalue weighted by Crippen LogP contribution is -2.33. The highest BCUT2D eigenvalue weighted by Gasteiger charge is 2.32. The monoisotopic (exact) mass is 433 g/mol. The van der Waals surface area contributed by atoms with E-state index >= 15 is 0 Å². The van der Waals surface area contributed by atoms with Crippen molar-refractivity contribution in [2.45, 2.75) is 32.3 Å². The fourth-order valence-electron chi connectivity index (χ4n) is 4.24. The number of cyclic esters (lactones) is 1. The van der Waals surface area contributed by atoms with E-state index in [9.17, 15) is 4.79 Å². The van der Waals surface area contributed by atoms with Gasteiger partial charge in [-0.3, -0.25) is 9.88 Å². The molecular weight excluding hydrogens is 402 g/mol. The highest BCUT2D eigenvalue weighted by atomic mass is 16.6. The molecule has 1 aliphatic rings. The van der Waals surface area contributed by atoms with Crippen LogP contribution < -0.4 is 9.64 Å². The molecule has 1 saturated heterocycles. The average molecular weight is 434 g/mol. The van der Waals surface area contributed by atoms with E-state index in [2.05, 4.69) is 54.2 Å². The van der Waals surface area contributed by atoms with Crippen molar-refractivity contribution in [3.63, 3.8) is 0 Å². The molecule has 0 unspecified atom stereocenters. The zero-order valence-electron chi connectivity index (χ0n) is 19.1. The van der Waals surface area contributed by atoms with E-state index in [0.717, 1.165) is 54.7 Å². The van der Waals surface area contributed by atoms with Crippen LogP contribution in [0.5, 0.6) is 5.75 Å². The summed E-state index contributed by atoms with van der Waals surface area (Å²) in [6, 6.07) is 16.4. The Balaban J connectivity index is 1.29. The maximum absolute atomic E-state index is 12.4. The van der Waals surface area contributed by atoms with Crippen LogP contribution in [-0.2, 0) is 17.6 Å².